The maximum atomic E-state index is 4.17. The summed E-state index contributed by atoms with van der Waals surface area (Å²) in [4.78, 5) is 4.17. The van der Waals surface area contributed by atoms with Gasteiger partial charge in [0.15, 0.2) is 0 Å². The van der Waals surface area contributed by atoms with Gasteiger partial charge in [-0.1, -0.05) is 0 Å². The maximum Gasteiger partial charge on any atom is 0.207 e. The summed E-state index contributed by atoms with van der Waals surface area (Å²) in [5, 5.41) is 7.93. The van der Waals surface area contributed by atoms with Gasteiger partial charge in [-0.3, -0.25) is 4.68 Å². The van der Waals surface area contributed by atoms with Crippen LogP contribution < -0.4 is 5.32 Å². The normalized spacial score (nSPS) is 10.3. The second kappa shape index (κ2) is 3.14. The summed E-state index contributed by atoms with van der Waals surface area (Å²) in [6.07, 6.45) is 3.63. The zero-order valence-electron chi connectivity index (χ0n) is 7.35. The number of nitrogens with zero attached hydrogens (tertiary/aromatic N) is 4. The van der Waals surface area contributed by atoms with E-state index in [-0.39, 0.29) is 0 Å². The van der Waals surface area contributed by atoms with Crippen LogP contribution in [0.25, 0.3) is 0 Å². The van der Waals surface area contributed by atoms with E-state index in [0.29, 0.717) is 0 Å². The Hall–Kier alpha value is -1.43. The Balaban J connectivity index is 2.14. The lowest BCUT2D eigenvalue weighted by molar-refractivity contribution is 0.768. The Morgan fingerprint density at radius 2 is 2.38 bits per heavy atom. The van der Waals surface area contributed by atoms with E-state index < -0.39 is 0 Å². The van der Waals surface area contributed by atoms with Crippen molar-refractivity contribution in [2.24, 2.45) is 7.05 Å². The highest BCUT2D eigenvalue weighted by atomic mass is 32.1. The van der Waals surface area contributed by atoms with Gasteiger partial charge in [0.05, 0.1) is 11.9 Å². The second-order valence-corrected chi connectivity index (χ2v) is 3.43. The molecule has 0 atom stereocenters. The minimum absolute atomic E-state index is 0.788. The molecule has 2 aromatic rings. The molecule has 0 fully saturated rings. The Morgan fingerprint density at radius 1 is 1.54 bits per heavy atom. The van der Waals surface area contributed by atoms with Crippen LogP contribution in [0.15, 0.2) is 12.4 Å². The van der Waals surface area contributed by atoms with Crippen LogP contribution in [0.3, 0.4) is 0 Å². The Kier molecular flexibility index (Phi) is 1.97. The number of rotatable bonds is 2. The van der Waals surface area contributed by atoms with Crippen LogP contribution in [0, 0.1) is 6.92 Å². The van der Waals surface area contributed by atoms with Gasteiger partial charge in [-0.15, -0.1) is 0 Å². The van der Waals surface area contributed by atoms with Gasteiger partial charge in [-0.25, -0.2) is 4.98 Å². The van der Waals surface area contributed by atoms with E-state index in [1.54, 1.807) is 10.9 Å². The van der Waals surface area contributed by atoms with E-state index in [9.17, 15) is 0 Å². The summed E-state index contributed by atoms with van der Waals surface area (Å²) in [5.41, 5.74) is 0.929. The third kappa shape index (κ3) is 1.83. The summed E-state index contributed by atoms with van der Waals surface area (Å²) in [6.45, 7) is 1.87. The quantitative estimate of drug-likeness (QED) is 0.785. The summed E-state index contributed by atoms with van der Waals surface area (Å²) < 4.78 is 5.79. The van der Waals surface area contributed by atoms with Gasteiger partial charge >= 0.3 is 0 Å². The van der Waals surface area contributed by atoms with Crippen molar-refractivity contribution in [3.8, 4) is 0 Å². The molecule has 68 valence electrons. The smallest absolute Gasteiger partial charge is 0.207 e. The average molecular weight is 195 g/mol. The predicted octanol–water partition coefficient (Wildman–Crippen LogP) is 1.32. The molecule has 2 aromatic heterocycles. The Bertz CT molecular complexity index is 366. The molecular formula is C7H9N5S. The number of nitrogens with one attached hydrogen (secondary N) is 1. The van der Waals surface area contributed by atoms with Crippen LogP contribution in [0.4, 0.5) is 10.8 Å². The van der Waals surface area contributed by atoms with E-state index in [4.69, 9.17) is 0 Å². The van der Waals surface area contributed by atoms with Gasteiger partial charge < -0.3 is 5.32 Å². The molecule has 1 N–H and O–H groups in total. The highest BCUT2D eigenvalue weighted by Gasteiger charge is 2.01. The molecule has 2 rings (SSSR count). The Labute approximate surface area is 79.6 Å². The largest absolute Gasteiger partial charge is 0.328 e. The molecular weight excluding hydrogens is 186 g/mol. The molecule has 0 aliphatic carbocycles. The summed E-state index contributed by atoms with van der Waals surface area (Å²) in [7, 11) is 1.87. The van der Waals surface area contributed by atoms with Crippen molar-refractivity contribution in [1.82, 2.24) is 19.1 Å². The van der Waals surface area contributed by atoms with E-state index in [1.807, 2.05) is 20.2 Å². The number of hydrogen-bond acceptors (Lipinski definition) is 5. The molecule has 0 aliphatic heterocycles. The first-order valence-corrected chi connectivity index (χ1v) is 4.57. The number of aryl methyl sites for hydroxylation is 2. The number of anilines is 2. The minimum Gasteiger partial charge on any atom is -0.328 e. The van der Waals surface area contributed by atoms with E-state index in [2.05, 4.69) is 19.8 Å². The van der Waals surface area contributed by atoms with Gasteiger partial charge in [0.25, 0.3) is 0 Å². The van der Waals surface area contributed by atoms with Crippen LogP contribution in [0.1, 0.15) is 5.82 Å². The lowest BCUT2D eigenvalue weighted by Gasteiger charge is -1.93. The van der Waals surface area contributed by atoms with Crippen LogP contribution >= 0.6 is 11.5 Å². The molecule has 0 aliphatic rings. The van der Waals surface area contributed by atoms with Crippen LogP contribution in [0.5, 0.6) is 0 Å². The van der Waals surface area contributed by atoms with Crippen molar-refractivity contribution in [2.45, 2.75) is 6.92 Å². The summed E-state index contributed by atoms with van der Waals surface area (Å²) >= 11 is 1.34. The fourth-order valence-corrected chi connectivity index (χ4v) is 1.55. The van der Waals surface area contributed by atoms with E-state index in [0.717, 1.165) is 16.6 Å². The number of hydrogen-bond donors (Lipinski definition) is 1. The molecule has 6 heteroatoms. The SMILES string of the molecule is Cc1nsc(Nc2cnn(C)c2)n1. The fourth-order valence-electron chi connectivity index (χ4n) is 0.957. The lowest BCUT2D eigenvalue weighted by Crippen LogP contribution is -1.88. The van der Waals surface area contributed by atoms with Crippen molar-refractivity contribution in [3.05, 3.63) is 18.2 Å². The highest BCUT2D eigenvalue weighted by Crippen LogP contribution is 2.16. The monoisotopic (exact) mass is 195 g/mol. The van der Waals surface area contributed by atoms with E-state index in [1.165, 1.54) is 11.5 Å². The summed E-state index contributed by atoms with van der Waals surface area (Å²) in [6, 6.07) is 0. The third-order valence-corrected chi connectivity index (χ3v) is 2.21. The predicted molar refractivity (Wildman–Crippen MR) is 51.1 cm³/mol. The maximum absolute atomic E-state index is 4.17. The molecule has 0 spiro atoms. The van der Waals surface area contributed by atoms with Gasteiger partial charge in [0, 0.05) is 24.8 Å². The zero-order chi connectivity index (χ0) is 9.26. The van der Waals surface area contributed by atoms with Crippen molar-refractivity contribution in [1.29, 1.82) is 0 Å². The average Bonchev–Trinajstić information content (AvgIpc) is 2.62. The van der Waals surface area contributed by atoms with Crippen LogP contribution in [0.2, 0.25) is 0 Å². The van der Waals surface area contributed by atoms with Gasteiger partial charge in [-0.05, 0) is 6.92 Å². The van der Waals surface area contributed by atoms with Crippen molar-refractivity contribution in [3.63, 3.8) is 0 Å². The van der Waals surface area contributed by atoms with Crippen molar-refractivity contribution < 1.29 is 0 Å². The molecule has 0 saturated carbocycles. The molecule has 2 heterocycles. The minimum atomic E-state index is 0.788. The fraction of sp³-hybridized carbons (Fsp3) is 0.286. The van der Waals surface area contributed by atoms with Gasteiger partial charge in [-0.2, -0.15) is 9.47 Å². The molecule has 0 bridgehead atoms. The first-order valence-electron chi connectivity index (χ1n) is 3.80. The van der Waals surface area contributed by atoms with Gasteiger partial charge in [0.1, 0.15) is 5.82 Å². The van der Waals surface area contributed by atoms with Crippen molar-refractivity contribution >= 4 is 22.4 Å². The molecule has 5 nitrogen and oxygen atoms in total. The molecule has 0 radical (unpaired) electrons. The van der Waals surface area contributed by atoms with Crippen LogP contribution in [-0.2, 0) is 7.05 Å². The van der Waals surface area contributed by atoms with E-state index >= 15 is 0 Å². The molecule has 0 amide bonds. The first-order chi connectivity index (χ1) is 6.24. The third-order valence-electron chi connectivity index (χ3n) is 1.48. The first kappa shape index (κ1) is 8.18. The molecule has 13 heavy (non-hydrogen) atoms. The zero-order valence-corrected chi connectivity index (χ0v) is 8.17. The summed E-state index contributed by atoms with van der Waals surface area (Å²) in [5.74, 6) is 0.788. The molecule has 0 unspecified atom stereocenters. The Morgan fingerprint density at radius 3 is 2.92 bits per heavy atom. The van der Waals surface area contributed by atoms with Gasteiger partial charge in [0.2, 0.25) is 5.13 Å². The highest BCUT2D eigenvalue weighted by molar-refractivity contribution is 7.09. The number of aromatic nitrogens is 4. The molecule has 0 saturated heterocycles. The topological polar surface area (TPSA) is 55.6 Å². The van der Waals surface area contributed by atoms with Crippen LogP contribution in [-0.4, -0.2) is 19.1 Å². The standard InChI is InChI=1S/C7H9N5S/c1-5-9-7(13-11-5)10-6-3-8-12(2)4-6/h3-4H,1-2H3,(H,9,10,11). The van der Waals surface area contributed by atoms with Crippen molar-refractivity contribution in [2.75, 3.05) is 5.32 Å². The second-order valence-electron chi connectivity index (χ2n) is 2.67. The molecule has 0 aromatic carbocycles. The lowest BCUT2D eigenvalue weighted by atomic mass is 10.6.